The van der Waals surface area contributed by atoms with Crippen molar-refractivity contribution in [2.75, 3.05) is 6.54 Å². The van der Waals surface area contributed by atoms with Crippen molar-refractivity contribution in [3.05, 3.63) is 24.3 Å². The first kappa shape index (κ1) is 26.6. The van der Waals surface area contributed by atoms with Gasteiger partial charge in [-0.2, -0.15) is 0 Å². The number of aliphatic carboxylic acids is 1. The first-order valence-corrected chi connectivity index (χ1v) is 12.2. The van der Waals surface area contributed by atoms with Crippen molar-refractivity contribution in [3.63, 3.8) is 0 Å². The molecule has 1 aliphatic rings. The lowest BCUT2D eigenvalue weighted by Crippen LogP contribution is -2.42. The molecule has 1 fully saturated rings. The highest BCUT2D eigenvalue weighted by Gasteiger charge is 2.43. The maximum absolute atomic E-state index is 13.0. The van der Waals surface area contributed by atoms with E-state index in [2.05, 4.69) is 11.9 Å². The molecule has 0 aromatic carbocycles. The van der Waals surface area contributed by atoms with Gasteiger partial charge in [0.05, 0.1) is 0 Å². The molecular weight excluding hydrogens is 407 g/mol. The van der Waals surface area contributed by atoms with Crippen LogP contribution in [0, 0.1) is 17.8 Å². The molecule has 1 rings (SSSR count). The van der Waals surface area contributed by atoms with Crippen LogP contribution in [-0.4, -0.2) is 40.3 Å². The van der Waals surface area contributed by atoms with Gasteiger partial charge in [-0.05, 0) is 63.3 Å². The summed E-state index contributed by atoms with van der Waals surface area (Å²) in [6.45, 7) is 9.38. The quantitative estimate of drug-likeness (QED) is 0.267. The van der Waals surface area contributed by atoms with Gasteiger partial charge in [-0.1, -0.05) is 38.2 Å². The van der Waals surface area contributed by atoms with Crippen molar-refractivity contribution in [3.8, 4) is 0 Å². The van der Waals surface area contributed by atoms with Gasteiger partial charge in [0.1, 0.15) is 5.78 Å². The summed E-state index contributed by atoms with van der Waals surface area (Å²) < 4.78 is 18.4. The van der Waals surface area contributed by atoms with Crippen molar-refractivity contribution >= 4 is 19.5 Å². The summed E-state index contributed by atoms with van der Waals surface area (Å²) in [7, 11) is -4.44. The summed E-state index contributed by atoms with van der Waals surface area (Å²) in [5, 5.41) is 12.2. The molecule has 0 aliphatic heterocycles. The second-order valence-electron chi connectivity index (χ2n) is 8.45. The molecule has 5 N–H and O–H groups in total. The Labute approximate surface area is 179 Å². The molecule has 0 heterocycles. The molecule has 1 saturated carbocycles. The van der Waals surface area contributed by atoms with Gasteiger partial charge in [-0.25, -0.2) is 4.79 Å². The fourth-order valence-corrected chi connectivity index (χ4v) is 5.52. The largest absolute Gasteiger partial charge is 0.479 e. The van der Waals surface area contributed by atoms with Gasteiger partial charge >= 0.3 is 13.6 Å². The van der Waals surface area contributed by atoms with Gasteiger partial charge in [0, 0.05) is 6.42 Å². The van der Waals surface area contributed by atoms with Gasteiger partial charge in [0.25, 0.3) is 0 Å². The maximum atomic E-state index is 13.0. The van der Waals surface area contributed by atoms with Crippen molar-refractivity contribution < 1.29 is 28.7 Å². The monoisotopic (exact) mass is 444 g/mol. The molecule has 0 spiro atoms. The number of allylic oxidation sites excluding steroid dienone is 3. The molecule has 9 heteroatoms. The number of hydrogen-bond donors (Lipinski definition) is 4. The minimum Gasteiger partial charge on any atom is -0.479 e. The molecule has 1 aliphatic carbocycles. The Balaban J connectivity index is 2.84. The first-order chi connectivity index (χ1) is 14.0. The molecule has 0 bridgehead atoms. The second-order valence-corrected chi connectivity index (χ2v) is 10.3. The SMILES string of the molecule is C=C/C=C(\C)CCC(=O)NC(C(C)C)P(=O)(O)OC(C(=O)O)C1CCC(CN)CC1. The fraction of sp³-hybridized carbons (Fsp3) is 0.714. The highest BCUT2D eigenvalue weighted by molar-refractivity contribution is 7.53. The van der Waals surface area contributed by atoms with E-state index in [0.717, 1.165) is 18.4 Å². The maximum Gasteiger partial charge on any atom is 0.351 e. The number of rotatable bonds is 12. The highest BCUT2D eigenvalue weighted by atomic mass is 31.2. The van der Waals surface area contributed by atoms with E-state index < -0.39 is 37.3 Å². The average molecular weight is 445 g/mol. The number of carbonyl (C=O) groups excluding carboxylic acids is 1. The normalized spacial score (nSPS) is 24.0. The summed E-state index contributed by atoms with van der Waals surface area (Å²) in [5.74, 6) is -3.27. The minimum absolute atomic E-state index is 0.144. The lowest BCUT2D eigenvalue weighted by Gasteiger charge is -2.34. The summed E-state index contributed by atoms with van der Waals surface area (Å²) >= 11 is 0. The van der Waals surface area contributed by atoms with E-state index in [9.17, 15) is 24.2 Å². The summed E-state index contributed by atoms with van der Waals surface area (Å²) in [6.07, 6.45) is 5.36. The van der Waals surface area contributed by atoms with Gasteiger partial charge in [-0.15, -0.1) is 0 Å². The van der Waals surface area contributed by atoms with E-state index in [1.165, 1.54) is 0 Å². The average Bonchev–Trinajstić information content (AvgIpc) is 2.68. The third-order valence-corrected chi connectivity index (χ3v) is 7.56. The topological polar surface area (TPSA) is 139 Å². The van der Waals surface area contributed by atoms with Crippen LogP contribution in [0.25, 0.3) is 0 Å². The number of carboxylic acid groups (broad SMARTS) is 1. The zero-order valence-electron chi connectivity index (χ0n) is 18.3. The van der Waals surface area contributed by atoms with Crippen molar-refractivity contribution in [1.82, 2.24) is 5.32 Å². The number of carbonyl (C=O) groups is 2. The molecule has 3 atom stereocenters. The molecule has 0 aromatic heterocycles. The second kappa shape index (κ2) is 12.4. The first-order valence-electron chi connectivity index (χ1n) is 10.5. The predicted octanol–water partition coefficient (Wildman–Crippen LogP) is 3.42. The summed E-state index contributed by atoms with van der Waals surface area (Å²) in [6, 6.07) is 0. The van der Waals surface area contributed by atoms with Crippen LogP contribution in [0.4, 0.5) is 0 Å². The predicted molar refractivity (Wildman–Crippen MR) is 117 cm³/mol. The molecule has 0 saturated heterocycles. The Morgan fingerprint density at radius 3 is 2.33 bits per heavy atom. The molecular formula is C21H37N2O6P. The Bertz CT molecular complexity index is 670. The number of nitrogens with one attached hydrogen (secondary N) is 1. The van der Waals surface area contributed by atoms with Crippen LogP contribution >= 0.6 is 7.60 Å². The summed E-state index contributed by atoms with van der Waals surface area (Å²) in [4.78, 5) is 34.7. The fourth-order valence-electron chi connectivity index (χ4n) is 3.75. The van der Waals surface area contributed by atoms with Crippen LogP contribution in [0.15, 0.2) is 24.3 Å². The van der Waals surface area contributed by atoms with Crippen LogP contribution in [0.3, 0.4) is 0 Å². The standard InChI is InChI=1S/C21H37N2O6P/c1-5-6-15(4)7-12-18(24)23-20(14(2)3)30(27,28)29-19(21(25)26)17-10-8-16(13-22)9-11-17/h5-6,14,16-17,19-20H,1,7-13,22H2,2-4H3,(H,23,24)(H,25,26)(H,27,28)/b15-6+. The Morgan fingerprint density at radius 1 is 1.27 bits per heavy atom. The number of amides is 1. The molecule has 3 unspecified atom stereocenters. The smallest absolute Gasteiger partial charge is 0.351 e. The Morgan fingerprint density at radius 2 is 1.87 bits per heavy atom. The minimum atomic E-state index is -4.44. The molecule has 8 nitrogen and oxygen atoms in total. The van der Waals surface area contributed by atoms with E-state index in [4.69, 9.17) is 10.3 Å². The Hall–Kier alpha value is -1.47. The van der Waals surface area contributed by atoms with E-state index in [1.807, 2.05) is 6.92 Å². The van der Waals surface area contributed by atoms with Gasteiger partial charge in [0.15, 0.2) is 6.10 Å². The third-order valence-electron chi connectivity index (χ3n) is 5.60. The van der Waals surface area contributed by atoms with Crippen LogP contribution in [-0.2, 0) is 18.7 Å². The van der Waals surface area contributed by atoms with Crippen molar-refractivity contribution in [2.45, 2.75) is 71.2 Å². The molecule has 0 radical (unpaired) electrons. The van der Waals surface area contributed by atoms with Crippen molar-refractivity contribution in [2.24, 2.45) is 23.5 Å². The van der Waals surface area contributed by atoms with E-state index >= 15 is 0 Å². The van der Waals surface area contributed by atoms with Gasteiger partial charge < -0.3 is 21.1 Å². The zero-order chi connectivity index (χ0) is 22.9. The van der Waals surface area contributed by atoms with Crippen LogP contribution in [0.5, 0.6) is 0 Å². The van der Waals surface area contributed by atoms with Gasteiger partial charge in [0.2, 0.25) is 5.91 Å². The molecule has 1 amide bonds. The molecule has 30 heavy (non-hydrogen) atoms. The third kappa shape index (κ3) is 8.34. The van der Waals surface area contributed by atoms with Gasteiger partial charge in [-0.3, -0.25) is 13.9 Å². The van der Waals surface area contributed by atoms with Crippen LogP contribution < -0.4 is 11.1 Å². The number of nitrogens with two attached hydrogens (primary N) is 1. The van der Waals surface area contributed by atoms with E-state index in [1.54, 1.807) is 26.0 Å². The molecule has 0 aromatic rings. The summed E-state index contributed by atoms with van der Waals surface area (Å²) in [5.41, 5.74) is 6.65. The number of hydrogen-bond acceptors (Lipinski definition) is 5. The molecule has 172 valence electrons. The van der Waals surface area contributed by atoms with Crippen molar-refractivity contribution in [1.29, 1.82) is 0 Å². The van der Waals surface area contributed by atoms with Crippen LogP contribution in [0.2, 0.25) is 0 Å². The lowest BCUT2D eigenvalue weighted by atomic mass is 9.79. The van der Waals surface area contributed by atoms with Crippen LogP contribution in [0.1, 0.15) is 59.3 Å². The number of carboxylic acids is 1. The highest BCUT2D eigenvalue weighted by Crippen LogP contribution is 2.52. The zero-order valence-corrected chi connectivity index (χ0v) is 19.1. The lowest BCUT2D eigenvalue weighted by molar-refractivity contribution is -0.149. The van der Waals surface area contributed by atoms with E-state index in [0.29, 0.717) is 31.7 Å². The van der Waals surface area contributed by atoms with E-state index in [-0.39, 0.29) is 12.3 Å². The Kier molecular flexibility index (Phi) is 11.0.